The second-order valence-electron chi connectivity index (χ2n) is 10.2. The maximum absolute atomic E-state index is 16.0. The van der Waals surface area contributed by atoms with E-state index in [1.165, 1.54) is 6.07 Å². The van der Waals surface area contributed by atoms with Gasteiger partial charge in [-0.2, -0.15) is 8.42 Å². The van der Waals surface area contributed by atoms with Gasteiger partial charge in [-0.1, -0.05) is 72.8 Å². The van der Waals surface area contributed by atoms with Crippen LogP contribution in [0.4, 0.5) is 15.8 Å². The molecule has 0 bridgehead atoms. The van der Waals surface area contributed by atoms with Gasteiger partial charge in [0.1, 0.15) is 37.1 Å². The van der Waals surface area contributed by atoms with Crippen molar-refractivity contribution >= 4 is 27.9 Å². The van der Waals surface area contributed by atoms with E-state index >= 15 is 4.39 Å². The quantitative estimate of drug-likeness (QED) is 0.195. The number of anilines is 2. The van der Waals surface area contributed by atoms with Crippen LogP contribution in [0.5, 0.6) is 5.75 Å². The van der Waals surface area contributed by atoms with Crippen LogP contribution >= 0.6 is 0 Å². The number of carbonyl (C=O) groups excluding carboxylic acids is 1. The van der Waals surface area contributed by atoms with Crippen molar-refractivity contribution < 1.29 is 27.1 Å². The number of hydrogen-bond acceptors (Lipinski definition) is 6. The minimum Gasteiger partial charge on any atom is -0.487 e. The van der Waals surface area contributed by atoms with Crippen LogP contribution in [0.15, 0.2) is 91.0 Å². The van der Waals surface area contributed by atoms with Gasteiger partial charge in [-0.25, -0.2) is 8.70 Å². The molecule has 1 aliphatic rings. The van der Waals surface area contributed by atoms with Crippen molar-refractivity contribution in [2.45, 2.75) is 32.6 Å². The number of hydrogen-bond donors (Lipinski definition) is 1. The Labute approximate surface area is 245 Å². The highest BCUT2D eigenvalue weighted by molar-refractivity contribution is 7.90. The van der Waals surface area contributed by atoms with Gasteiger partial charge in [-0.3, -0.25) is 0 Å². The van der Waals surface area contributed by atoms with Crippen molar-refractivity contribution in [1.82, 2.24) is 4.31 Å². The molecule has 0 radical (unpaired) electrons. The van der Waals surface area contributed by atoms with Gasteiger partial charge >= 0.3 is 10.2 Å². The van der Waals surface area contributed by atoms with Crippen LogP contribution in [-0.2, 0) is 39.4 Å². The van der Waals surface area contributed by atoms with Crippen LogP contribution in [0, 0.1) is 12.7 Å². The molecule has 0 amide bonds. The van der Waals surface area contributed by atoms with Crippen LogP contribution in [0.3, 0.4) is 0 Å². The van der Waals surface area contributed by atoms with Crippen LogP contribution in [-0.4, -0.2) is 38.3 Å². The third-order valence-electron chi connectivity index (χ3n) is 7.06. The SMILES string of the molecule is Cc1ccc(Cc2cc(F)c(N3CC(C=O)N(COCc4ccccc4)S3(=O)=O)c(OCc3ccccc3)c2)c(N)c1. The first-order chi connectivity index (χ1) is 20.3. The lowest BCUT2D eigenvalue weighted by atomic mass is 10.0. The second-order valence-corrected chi connectivity index (χ2v) is 12.0. The van der Waals surface area contributed by atoms with Gasteiger partial charge in [0.2, 0.25) is 0 Å². The zero-order valence-electron chi connectivity index (χ0n) is 23.1. The molecular weight excluding hydrogens is 557 g/mol. The Kier molecular flexibility index (Phi) is 8.86. The minimum atomic E-state index is -4.34. The van der Waals surface area contributed by atoms with Gasteiger partial charge in [0.25, 0.3) is 0 Å². The summed E-state index contributed by atoms with van der Waals surface area (Å²) in [6.07, 6.45) is 0.842. The number of nitrogens with two attached hydrogens (primary N) is 1. The zero-order chi connectivity index (χ0) is 29.7. The molecular formula is C32H32FN3O5S. The van der Waals surface area contributed by atoms with E-state index in [2.05, 4.69) is 0 Å². The number of carbonyl (C=O) groups is 1. The van der Waals surface area contributed by atoms with Crippen molar-refractivity contribution in [2.75, 3.05) is 23.3 Å². The molecule has 1 saturated heterocycles. The van der Waals surface area contributed by atoms with E-state index in [9.17, 15) is 13.2 Å². The molecule has 4 aromatic carbocycles. The molecule has 0 spiro atoms. The Hall–Kier alpha value is -4.25. The fourth-order valence-corrected chi connectivity index (χ4v) is 6.54. The smallest absolute Gasteiger partial charge is 0.307 e. The van der Waals surface area contributed by atoms with Crippen LogP contribution in [0.25, 0.3) is 0 Å². The molecule has 2 N–H and O–H groups in total. The Morgan fingerprint density at radius 2 is 1.60 bits per heavy atom. The van der Waals surface area contributed by atoms with E-state index in [1.807, 2.05) is 85.8 Å². The van der Waals surface area contributed by atoms with Gasteiger partial charge in [-0.15, -0.1) is 4.31 Å². The summed E-state index contributed by atoms with van der Waals surface area (Å²) in [6.45, 7) is 1.50. The summed E-state index contributed by atoms with van der Waals surface area (Å²) in [5.74, 6) is -0.749. The Morgan fingerprint density at radius 1 is 0.929 bits per heavy atom. The van der Waals surface area contributed by atoms with E-state index < -0.39 is 22.1 Å². The maximum Gasteiger partial charge on any atom is 0.307 e. The monoisotopic (exact) mass is 589 g/mol. The lowest BCUT2D eigenvalue weighted by Gasteiger charge is -2.24. The molecule has 1 unspecified atom stereocenters. The lowest BCUT2D eigenvalue weighted by molar-refractivity contribution is -0.111. The Bertz CT molecular complexity index is 1650. The number of ether oxygens (including phenoxy) is 2. The number of benzene rings is 4. The average molecular weight is 590 g/mol. The van der Waals surface area contributed by atoms with Crippen molar-refractivity contribution in [2.24, 2.45) is 0 Å². The summed E-state index contributed by atoms with van der Waals surface area (Å²) >= 11 is 0. The first-order valence-electron chi connectivity index (χ1n) is 13.5. The molecule has 218 valence electrons. The third-order valence-corrected chi connectivity index (χ3v) is 8.91. The van der Waals surface area contributed by atoms with Gasteiger partial charge in [-0.05, 0) is 59.4 Å². The van der Waals surface area contributed by atoms with E-state index in [0.717, 1.165) is 30.9 Å². The number of nitrogens with zero attached hydrogens (tertiary/aromatic N) is 2. The van der Waals surface area contributed by atoms with Crippen molar-refractivity contribution in [3.8, 4) is 5.75 Å². The maximum atomic E-state index is 16.0. The molecule has 0 aromatic heterocycles. The predicted octanol–water partition coefficient (Wildman–Crippen LogP) is 4.99. The molecule has 42 heavy (non-hydrogen) atoms. The predicted molar refractivity (Wildman–Crippen MR) is 160 cm³/mol. The number of nitrogen functional groups attached to an aromatic ring is 1. The van der Waals surface area contributed by atoms with Crippen LogP contribution in [0.1, 0.15) is 27.8 Å². The standard InChI is InChI=1S/C32H32FN3O5S/c1-23-12-13-27(30(34)14-23)15-26-16-29(33)32(31(17-26)41-21-25-10-6-3-7-11-25)35-18-28(19-37)36(42(35,38)39)22-40-20-24-8-4-2-5-9-24/h2-14,16-17,19,28H,15,18,20-22,34H2,1H3. The topological polar surface area (TPSA) is 102 Å². The molecule has 10 heteroatoms. The van der Waals surface area contributed by atoms with Crippen molar-refractivity contribution in [3.63, 3.8) is 0 Å². The largest absolute Gasteiger partial charge is 0.487 e. The van der Waals surface area contributed by atoms with Gasteiger partial charge in [0, 0.05) is 5.69 Å². The Balaban J connectivity index is 1.46. The highest BCUT2D eigenvalue weighted by Crippen LogP contribution is 2.39. The zero-order valence-corrected chi connectivity index (χ0v) is 24.0. The summed E-state index contributed by atoms with van der Waals surface area (Å²) in [6, 6.07) is 26.0. The van der Waals surface area contributed by atoms with Gasteiger partial charge < -0.3 is 20.0 Å². The second kappa shape index (κ2) is 12.7. The van der Waals surface area contributed by atoms with Crippen LogP contribution < -0.4 is 14.8 Å². The van der Waals surface area contributed by atoms with E-state index in [1.54, 1.807) is 6.07 Å². The average Bonchev–Trinajstić information content (AvgIpc) is 3.23. The molecule has 1 aliphatic heterocycles. The number of aryl methyl sites for hydroxylation is 1. The molecule has 1 fully saturated rings. The van der Waals surface area contributed by atoms with Crippen LogP contribution in [0.2, 0.25) is 0 Å². The van der Waals surface area contributed by atoms with Crippen molar-refractivity contribution in [1.29, 1.82) is 0 Å². The molecule has 8 nitrogen and oxygen atoms in total. The summed E-state index contributed by atoms with van der Waals surface area (Å²) in [4.78, 5) is 12.0. The normalized spacial score (nSPS) is 16.4. The first-order valence-corrected chi connectivity index (χ1v) is 14.9. The summed E-state index contributed by atoms with van der Waals surface area (Å²) in [5.41, 5.74) is 10.6. The molecule has 0 aliphatic carbocycles. The van der Waals surface area contributed by atoms with E-state index in [4.69, 9.17) is 15.2 Å². The summed E-state index contributed by atoms with van der Waals surface area (Å²) in [7, 11) is -4.34. The number of halogens is 1. The van der Waals surface area contributed by atoms with E-state index in [-0.39, 0.29) is 37.9 Å². The number of rotatable bonds is 11. The lowest BCUT2D eigenvalue weighted by Crippen LogP contribution is -2.38. The third kappa shape index (κ3) is 6.46. The molecule has 1 heterocycles. The van der Waals surface area contributed by atoms with Gasteiger partial charge in [0.05, 0.1) is 13.2 Å². The van der Waals surface area contributed by atoms with Gasteiger partial charge in [0.15, 0.2) is 5.82 Å². The summed E-state index contributed by atoms with van der Waals surface area (Å²) in [5, 5.41) is 0. The van der Waals surface area contributed by atoms with E-state index in [0.29, 0.717) is 24.0 Å². The Morgan fingerprint density at radius 3 is 2.24 bits per heavy atom. The molecule has 5 rings (SSSR count). The molecule has 0 saturated carbocycles. The molecule has 1 atom stereocenters. The molecule has 4 aromatic rings. The highest BCUT2D eigenvalue weighted by atomic mass is 32.2. The number of aldehydes is 1. The highest BCUT2D eigenvalue weighted by Gasteiger charge is 2.46. The van der Waals surface area contributed by atoms with Crippen molar-refractivity contribution in [3.05, 3.63) is 125 Å². The fraction of sp³-hybridized carbons (Fsp3) is 0.219. The fourth-order valence-electron chi connectivity index (χ4n) is 4.87. The first kappa shape index (κ1) is 29.2. The summed E-state index contributed by atoms with van der Waals surface area (Å²) < 4.78 is 56.9. The minimum absolute atomic E-state index is 0.0415.